The summed E-state index contributed by atoms with van der Waals surface area (Å²) in [7, 11) is 1.86. The third-order valence-corrected chi connectivity index (χ3v) is 4.14. The Hall–Kier alpha value is -2.82. The second-order valence-electron chi connectivity index (χ2n) is 6.00. The van der Waals surface area contributed by atoms with Crippen molar-refractivity contribution in [2.24, 2.45) is 7.05 Å². The molecule has 0 N–H and O–H groups in total. The number of hydrogen-bond donors (Lipinski definition) is 0. The fraction of sp³-hybridized carbons (Fsp3) is 0.263. The molecule has 0 saturated heterocycles. The number of esters is 1. The summed E-state index contributed by atoms with van der Waals surface area (Å²) in [6, 6.07) is 13.6. The Bertz CT molecular complexity index is 873. The number of hydrogen-bond acceptors (Lipinski definition) is 3. The van der Waals surface area contributed by atoms with Crippen LogP contribution in [0.3, 0.4) is 0 Å². The summed E-state index contributed by atoms with van der Waals surface area (Å²) in [5.74, 6) is -0.312. The maximum atomic E-state index is 12.1. The molecule has 0 amide bonds. The predicted octanol–water partition coefficient (Wildman–Crippen LogP) is 3.49. The lowest BCUT2D eigenvalue weighted by Crippen LogP contribution is -2.10. The highest BCUT2D eigenvalue weighted by Crippen LogP contribution is 2.14. The van der Waals surface area contributed by atoms with E-state index in [0.717, 1.165) is 28.3 Å². The minimum absolute atomic E-state index is 0.250. The molecule has 0 bridgehead atoms. The van der Waals surface area contributed by atoms with Crippen LogP contribution in [0.25, 0.3) is 5.69 Å². The highest BCUT2D eigenvalue weighted by Gasteiger charge is 2.12. The number of aromatic nitrogens is 3. The number of rotatable bonds is 4. The van der Waals surface area contributed by atoms with Gasteiger partial charge in [-0.2, -0.15) is 5.10 Å². The number of nitrogens with zero attached hydrogens (tertiary/aromatic N) is 3. The third-order valence-electron chi connectivity index (χ3n) is 4.14. The number of aryl methyl sites for hydroxylation is 3. The van der Waals surface area contributed by atoms with Gasteiger partial charge in [0.1, 0.15) is 12.3 Å². The molecule has 0 aliphatic heterocycles. The van der Waals surface area contributed by atoms with Crippen LogP contribution in [0, 0.1) is 20.8 Å². The first kappa shape index (κ1) is 16.1. The molecule has 5 nitrogen and oxygen atoms in total. The molecule has 2 heterocycles. The maximum absolute atomic E-state index is 12.1. The molecule has 0 aliphatic rings. The van der Waals surface area contributed by atoms with Gasteiger partial charge in [0.15, 0.2) is 0 Å². The number of carbonyl (C=O) groups is 1. The molecule has 3 rings (SSSR count). The van der Waals surface area contributed by atoms with E-state index in [1.165, 1.54) is 0 Å². The highest BCUT2D eigenvalue weighted by molar-refractivity contribution is 5.87. The van der Waals surface area contributed by atoms with Crippen LogP contribution in [0.1, 0.15) is 33.1 Å². The van der Waals surface area contributed by atoms with Crippen molar-refractivity contribution >= 4 is 5.97 Å². The number of ether oxygens (including phenoxy) is 1. The van der Waals surface area contributed by atoms with Crippen LogP contribution in [0.15, 0.2) is 42.5 Å². The van der Waals surface area contributed by atoms with Gasteiger partial charge in [0.2, 0.25) is 0 Å². The van der Waals surface area contributed by atoms with Crippen LogP contribution in [0.2, 0.25) is 0 Å². The first-order chi connectivity index (χ1) is 11.5. The summed E-state index contributed by atoms with van der Waals surface area (Å²) < 4.78 is 9.13. The zero-order valence-corrected chi connectivity index (χ0v) is 14.4. The zero-order chi connectivity index (χ0) is 17.3. The van der Waals surface area contributed by atoms with Crippen LogP contribution in [0.4, 0.5) is 0 Å². The SMILES string of the molecule is Cc1cc(C)n(-c2ccc(COC(=O)c3ccc(C)n3C)cc2)n1. The minimum Gasteiger partial charge on any atom is -0.456 e. The van der Waals surface area contributed by atoms with Gasteiger partial charge in [-0.05, 0) is 56.7 Å². The van der Waals surface area contributed by atoms with Gasteiger partial charge in [0.25, 0.3) is 0 Å². The smallest absolute Gasteiger partial charge is 0.355 e. The fourth-order valence-electron chi connectivity index (χ4n) is 2.66. The Labute approximate surface area is 141 Å². The normalized spacial score (nSPS) is 10.8. The summed E-state index contributed by atoms with van der Waals surface area (Å²) in [5, 5.41) is 4.46. The molecule has 3 aromatic rings. The van der Waals surface area contributed by atoms with Crippen molar-refractivity contribution in [1.82, 2.24) is 14.3 Å². The summed E-state index contributed by atoms with van der Waals surface area (Å²) in [5.41, 5.74) is 5.60. The van der Waals surface area contributed by atoms with Crippen molar-refractivity contribution in [2.75, 3.05) is 0 Å². The van der Waals surface area contributed by atoms with Gasteiger partial charge in [0.05, 0.1) is 11.4 Å². The summed E-state index contributed by atoms with van der Waals surface area (Å²) in [6.45, 7) is 6.20. The van der Waals surface area contributed by atoms with Crippen molar-refractivity contribution < 1.29 is 9.53 Å². The molecular weight excluding hydrogens is 302 g/mol. The lowest BCUT2D eigenvalue weighted by Gasteiger charge is -2.08. The van der Waals surface area contributed by atoms with E-state index in [9.17, 15) is 4.79 Å². The van der Waals surface area contributed by atoms with Crippen molar-refractivity contribution in [1.29, 1.82) is 0 Å². The molecule has 0 aliphatic carbocycles. The summed E-state index contributed by atoms with van der Waals surface area (Å²) in [6.07, 6.45) is 0. The van der Waals surface area contributed by atoms with Crippen molar-refractivity contribution in [2.45, 2.75) is 27.4 Å². The summed E-state index contributed by atoms with van der Waals surface area (Å²) in [4.78, 5) is 12.1. The third kappa shape index (κ3) is 3.11. The Morgan fingerprint density at radius 3 is 2.29 bits per heavy atom. The number of carbonyl (C=O) groups excluding carboxylic acids is 1. The Kier molecular flexibility index (Phi) is 4.25. The minimum atomic E-state index is -0.312. The van der Waals surface area contributed by atoms with Crippen molar-refractivity contribution in [3.63, 3.8) is 0 Å². The molecule has 124 valence electrons. The quantitative estimate of drug-likeness (QED) is 0.691. The molecule has 1 aromatic carbocycles. The number of benzene rings is 1. The summed E-state index contributed by atoms with van der Waals surface area (Å²) >= 11 is 0. The van der Waals surface area contributed by atoms with E-state index >= 15 is 0 Å². The van der Waals surface area contributed by atoms with Gasteiger partial charge >= 0.3 is 5.97 Å². The molecule has 0 spiro atoms. The van der Waals surface area contributed by atoms with Crippen molar-refractivity contribution in [3.8, 4) is 5.69 Å². The van der Waals surface area contributed by atoms with Crippen LogP contribution >= 0.6 is 0 Å². The van der Waals surface area contributed by atoms with Crippen LogP contribution in [-0.2, 0) is 18.4 Å². The predicted molar refractivity (Wildman–Crippen MR) is 92.3 cm³/mol. The van der Waals surface area contributed by atoms with Crippen LogP contribution in [-0.4, -0.2) is 20.3 Å². The molecule has 0 radical (unpaired) electrons. The average Bonchev–Trinajstić information content (AvgIpc) is 3.08. The lowest BCUT2D eigenvalue weighted by molar-refractivity contribution is 0.0461. The van der Waals surface area contributed by atoms with E-state index in [0.29, 0.717) is 5.69 Å². The van der Waals surface area contributed by atoms with E-state index in [-0.39, 0.29) is 12.6 Å². The molecule has 0 fully saturated rings. The molecule has 5 heteroatoms. The first-order valence-electron chi connectivity index (χ1n) is 7.88. The van der Waals surface area contributed by atoms with Gasteiger partial charge in [-0.15, -0.1) is 0 Å². The van der Waals surface area contributed by atoms with E-state index in [2.05, 4.69) is 5.10 Å². The topological polar surface area (TPSA) is 49.0 Å². The molecule has 0 atom stereocenters. The fourth-order valence-corrected chi connectivity index (χ4v) is 2.66. The molecule has 24 heavy (non-hydrogen) atoms. The maximum Gasteiger partial charge on any atom is 0.355 e. The molecule has 2 aromatic heterocycles. The highest BCUT2D eigenvalue weighted by atomic mass is 16.5. The Morgan fingerprint density at radius 1 is 1.04 bits per heavy atom. The van der Waals surface area contributed by atoms with Crippen LogP contribution in [0.5, 0.6) is 0 Å². The lowest BCUT2D eigenvalue weighted by atomic mass is 10.2. The van der Waals surface area contributed by atoms with E-state index in [1.54, 1.807) is 6.07 Å². The van der Waals surface area contributed by atoms with Crippen molar-refractivity contribution in [3.05, 3.63) is 70.8 Å². The monoisotopic (exact) mass is 323 g/mol. The van der Waals surface area contributed by atoms with E-state index in [1.807, 2.05) is 73.5 Å². The van der Waals surface area contributed by atoms with E-state index < -0.39 is 0 Å². The molecular formula is C19H21N3O2. The molecule has 0 unspecified atom stereocenters. The standard InChI is InChI=1S/C19H21N3O2/c1-13-11-15(3)22(20-13)17-8-6-16(7-9-17)12-24-19(23)18-10-5-14(2)21(18)4/h5-11H,12H2,1-4H3. The molecule has 0 saturated carbocycles. The van der Waals surface area contributed by atoms with Crippen LogP contribution < -0.4 is 0 Å². The van der Waals surface area contributed by atoms with Gasteiger partial charge in [-0.3, -0.25) is 0 Å². The average molecular weight is 323 g/mol. The van der Waals surface area contributed by atoms with Gasteiger partial charge < -0.3 is 9.30 Å². The van der Waals surface area contributed by atoms with Gasteiger partial charge in [-0.1, -0.05) is 12.1 Å². The van der Waals surface area contributed by atoms with Gasteiger partial charge in [0, 0.05) is 18.4 Å². The zero-order valence-electron chi connectivity index (χ0n) is 14.4. The van der Waals surface area contributed by atoms with E-state index in [4.69, 9.17) is 4.74 Å². The largest absolute Gasteiger partial charge is 0.456 e. The second kappa shape index (κ2) is 6.35. The second-order valence-corrected chi connectivity index (χ2v) is 6.00. The van der Waals surface area contributed by atoms with Gasteiger partial charge in [-0.25, -0.2) is 9.48 Å². The first-order valence-corrected chi connectivity index (χ1v) is 7.88. The Balaban J connectivity index is 1.67. The Morgan fingerprint density at radius 2 is 1.75 bits per heavy atom.